The van der Waals surface area contributed by atoms with Crippen molar-refractivity contribution >= 4 is 52.0 Å². The topological polar surface area (TPSA) is 126 Å². The van der Waals surface area contributed by atoms with Crippen molar-refractivity contribution in [2.75, 3.05) is 32.0 Å². The lowest BCUT2D eigenvalue weighted by atomic mass is 10.0. The quantitative estimate of drug-likeness (QED) is 0.678. The Balaban J connectivity index is 1.38. The van der Waals surface area contributed by atoms with Crippen molar-refractivity contribution in [3.63, 3.8) is 0 Å². The van der Waals surface area contributed by atoms with Gasteiger partial charge in [0.2, 0.25) is 12.7 Å². The van der Waals surface area contributed by atoms with Gasteiger partial charge in [0, 0.05) is 11.8 Å². The summed E-state index contributed by atoms with van der Waals surface area (Å²) in [6, 6.07) is 7.97. The van der Waals surface area contributed by atoms with Gasteiger partial charge in [0.05, 0.1) is 26.1 Å². The second-order valence-corrected chi connectivity index (χ2v) is 8.29. The van der Waals surface area contributed by atoms with Gasteiger partial charge in [-0.2, -0.15) is 9.48 Å². The highest BCUT2D eigenvalue weighted by Gasteiger charge is 2.49. The van der Waals surface area contributed by atoms with E-state index in [1.807, 2.05) is 0 Å². The van der Waals surface area contributed by atoms with Crippen LogP contribution in [0.4, 0.5) is 10.5 Å². The number of fused-ring (bicyclic) bond motifs is 2. The highest BCUT2D eigenvalue weighted by atomic mass is 32.2. The molecular weight excluding hydrogens is 450 g/mol. The minimum atomic E-state index is -0.889. The number of furan rings is 1. The second-order valence-electron chi connectivity index (χ2n) is 7.30. The Bertz CT molecular complexity index is 1270. The summed E-state index contributed by atoms with van der Waals surface area (Å²) in [5.74, 6) is 0.353. The van der Waals surface area contributed by atoms with Gasteiger partial charge in [-0.1, -0.05) is 16.8 Å². The van der Waals surface area contributed by atoms with E-state index in [9.17, 15) is 14.4 Å². The van der Waals surface area contributed by atoms with E-state index >= 15 is 0 Å². The molecule has 11 nitrogen and oxygen atoms in total. The Labute approximate surface area is 191 Å². The first kappa shape index (κ1) is 20.9. The van der Waals surface area contributed by atoms with Crippen LogP contribution in [0.25, 0.3) is 0 Å². The molecule has 12 heteroatoms. The third kappa shape index (κ3) is 3.78. The Morgan fingerprint density at radius 2 is 2.06 bits per heavy atom. The average molecular weight is 468 g/mol. The number of nitrogens with zero attached hydrogens (tertiary/aromatic N) is 4. The van der Waals surface area contributed by atoms with Crippen molar-refractivity contribution in [3.8, 4) is 11.5 Å². The molecule has 1 aromatic heterocycles. The number of anilines is 1. The maximum absolute atomic E-state index is 12.9. The van der Waals surface area contributed by atoms with E-state index in [2.05, 4.69) is 15.3 Å². The van der Waals surface area contributed by atoms with E-state index in [-0.39, 0.29) is 30.1 Å². The molecule has 3 aliphatic rings. The molecule has 1 N–H and O–H groups in total. The van der Waals surface area contributed by atoms with Gasteiger partial charge in [-0.05, 0) is 24.3 Å². The van der Waals surface area contributed by atoms with Crippen molar-refractivity contribution in [2.24, 2.45) is 15.9 Å². The summed E-state index contributed by atoms with van der Waals surface area (Å²) >= 11 is 1.10. The van der Waals surface area contributed by atoms with Crippen molar-refractivity contribution in [1.29, 1.82) is 0 Å². The number of urea groups is 1. The number of hydrogen-bond acceptors (Lipinski definition) is 9. The lowest BCUT2D eigenvalue weighted by Crippen LogP contribution is -2.54. The second kappa shape index (κ2) is 8.20. The fourth-order valence-corrected chi connectivity index (χ4v) is 4.39. The molecule has 4 heterocycles. The Morgan fingerprint density at radius 3 is 2.85 bits per heavy atom. The predicted octanol–water partition coefficient (Wildman–Crippen LogP) is 1.79. The fraction of sp³-hybridized carbons (Fsp3) is 0.238. The number of thioether (sulfide) groups is 1. The Hall–Kier alpha value is -3.93. The molecule has 0 spiro atoms. The van der Waals surface area contributed by atoms with Crippen molar-refractivity contribution in [2.45, 2.75) is 0 Å². The zero-order chi connectivity index (χ0) is 23.1. The lowest BCUT2D eigenvalue weighted by molar-refractivity contribution is -0.407. The number of benzene rings is 1. The third-order valence-electron chi connectivity index (χ3n) is 5.19. The number of nitrogens with one attached hydrogen (secondary N) is 1. The van der Waals surface area contributed by atoms with Crippen LogP contribution in [-0.4, -0.2) is 70.7 Å². The first-order valence-electron chi connectivity index (χ1n) is 9.88. The maximum atomic E-state index is 12.9. The normalized spacial score (nSPS) is 19.3. The van der Waals surface area contributed by atoms with Crippen LogP contribution in [0.3, 0.4) is 0 Å². The van der Waals surface area contributed by atoms with Crippen molar-refractivity contribution in [1.82, 2.24) is 4.90 Å². The average Bonchev–Trinajstić information content (AvgIpc) is 3.51. The van der Waals surface area contributed by atoms with E-state index in [1.54, 1.807) is 30.3 Å². The molecule has 0 radical (unpaired) electrons. The molecule has 168 valence electrons. The number of carbonyl (C=O) groups excluding carboxylic acids is 3. The number of amidine groups is 2. The van der Waals surface area contributed by atoms with Gasteiger partial charge in [0.1, 0.15) is 5.04 Å². The first-order chi connectivity index (χ1) is 15.9. The van der Waals surface area contributed by atoms with Crippen LogP contribution in [0.2, 0.25) is 0 Å². The number of aliphatic imine (C=N–C) groups is 2. The van der Waals surface area contributed by atoms with Gasteiger partial charge in [-0.25, -0.2) is 9.79 Å². The van der Waals surface area contributed by atoms with Crippen LogP contribution in [0.15, 0.2) is 51.0 Å². The molecule has 1 aromatic carbocycles. The standard InChI is InChI=1S/C21H17N5O6S/c1-25-18-16(20(28)26(2)21(25)29)19(24-17(23-18)13-4-3-7-30-13)33-9-15(27)22-11-5-6-12-14(8-11)32-10-31-12/h3-8,16H,9-10H2,1-2H3/p+1. The molecule has 4 amide bonds. The van der Waals surface area contributed by atoms with Crippen molar-refractivity contribution in [3.05, 3.63) is 42.4 Å². The van der Waals surface area contributed by atoms with Crippen LogP contribution >= 0.6 is 11.8 Å². The Kier molecular flexibility index (Phi) is 5.21. The molecule has 33 heavy (non-hydrogen) atoms. The molecular formula is C21H18N5O6S+. The molecule has 0 aliphatic carbocycles. The molecule has 0 saturated carbocycles. The summed E-state index contributed by atoms with van der Waals surface area (Å²) in [5, 5.41) is 3.14. The third-order valence-corrected chi connectivity index (χ3v) is 6.22. The van der Waals surface area contributed by atoms with Gasteiger partial charge in [-0.15, -0.1) is 0 Å². The molecule has 0 fully saturated rings. The molecule has 1 atom stereocenters. The Morgan fingerprint density at radius 1 is 1.24 bits per heavy atom. The molecule has 0 saturated heterocycles. The largest absolute Gasteiger partial charge is 0.459 e. The highest BCUT2D eigenvalue weighted by molar-refractivity contribution is 8.14. The molecule has 1 unspecified atom stereocenters. The lowest BCUT2D eigenvalue weighted by Gasteiger charge is -2.26. The van der Waals surface area contributed by atoms with Gasteiger partial charge >= 0.3 is 11.9 Å². The van der Waals surface area contributed by atoms with Gasteiger partial charge in [0.25, 0.3) is 11.7 Å². The number of rotatable bonds is 4. The zero-order valence-corrected chi connectivity index (χ0v) is 18.4. The molecule has 2 aromatic rings. The SMILES string of the molecule is CN1C(=O)C2C(SCC(=O)Nc3ccc4c(c3)OCO4)=NC(c3ccco3)=NC2=[N+](C)C1=O. The number of ether oxygens (including phenoxy) is 2. The van der Waals surface area contributed by atoms with Gasteiger partial charge in [-0.3, -0.25) is 9.59 Å². The molecule has 0 bridgehead atoms. The highest BCUT2D eigenvalue weighted by Crippen LogP contribution is 2.34. The van der Waals surface area contributed by atoms with Crippen LogP contribution in [0.1, 0.15) is 5.76 Å². The van der Waals surface area contributed by atoms with E-state index in [0.717, 1.165) is 16.7 Å². The van der Waals surface area contributed by atoms with Crippen LogP contribution < -0.4 is 14.8 Å². The van der Waals surface area contributed by atoms with Crippen LogP contribution in [-0.2, 0) is 9.59 Å². The van der Waals surface area contributed by atoms with Crippen LogP contribution in [0.5, 0.6) is 11.5 Å². The van der Waals surface area contributed by atoms with E-state index in [4.69, 9.17) is 13.9 Å². The van der Waals surface area contributed by atoms with E-state index in [1.165, 1.54) is 24.9 Å². The van der Waals surface area contributed by atoms with E-state index < -0.39 is 17.9 Å². The van der Waals surface area contributed by atoms with Crippen LogP contribution in [0, 0.1) is 5.92 Å². The minimum absolute atomic E-state index is 0.0167. The summed E-state index contributed by atoms with van der Waals surface area (Å²) in [5.41, 5.74) is 0.555. The number of carbonyl (C=O) groups is 3. The van der Waals surface area contributed by atoms with E-state index in [0.29, 0.717) is 28.0 Å². The maximum Gasteiger partial charge on any atom is 0.445 e. The summed E-state index contributed by atoms with van der Waals surface area (Å²) in [4.78, 5) is 47.9. The van der Waals surface area contributed by atoms with Gasteiger partial charge in [0.15, 0.2) is 23.2 Å². The number of amides is 4. The fourth-order valence-electron chi connectivity index (χ4n) is 3.52. The van der Waals surface area contributed by atoms with Crippen molar-refractivity contribution < 1.29 is 32.9 Å². The zero-order valence-electron chi connectivity index (χ0n) is 17.6. The molecule has 3 aliphatic heterocycles. The number of hydrogen-bond donors (Lipinski definition) is 1. The first-order valence-corrected chi connectivity index (χ1v) is 10.9. The number of imide groups is 1. The smallest absolute Gasteiger partial charge is 0.445 e. The predicted molar refractivity (Wildman–Crippen MR) is 119 cm³/mol. The molecule has 5 rings (SSSR count). The minimum Gasteiger partial charge on any atom is -0.459 e. The summed E-state index contributed by atoms with van der Waals surface area (Å²) in [7, 11) is 2.94. The summed E-state index contributed by atoms with van der Waals surface area (Å²) in [6.45, 7) is 0.140. The monoisotopic (exact) mass is 468 g/mol. The van der Waals surface area contributed by atoms with Gasteiger partial charge < -0.3 is 19.2 Å². The summed E-state index contributed by atoms with van der Waals surface area (Å²) in [6.07, 6.45) is 1.48. The summed E-state index contributed by atoms with van der Waals surface area (Å²) < 4.78 is 17.3.